The summed E-state index contributed by atoms with van der Waals surface area (Å²) in [7, 11) is 0. The number of carbonyl (C=O) groups excluding carboxylic acids is 3. The van der Waals surface area contributed by atoms with E-state index in [9.17, 15) is 19.2 Å². The Hall–Kier alpha value is -4.42. The Kier molecular flexibility index (Phi) is 10.1. The van der Waals surface area contributed by atoms with E-state index in [1.54, 1.807) is 11.0 Å². The summed E-state index contributed by atoms with van der Waals surface area (Å²) in [5.74, 6) is -0.602. The summed E-state index contributed by atoms with van der Waals surface area (Å²) in [6.45, 7) is 10.2. The molecule has 3 fully saturated rings. The van der Waals surface area contributed by atoms with Crippen LogP contribution in [0.15, 0.2) is 53.3 Å². The number of ether oxygens (including phenoxy) is 1. The lowest BCUT2D eigenvalue weighted by atomic mass is 9.91. The first-order chi connectivity index (χ1) is 24.2. The number of piperidine rings is 2. The summed E-state index contributed by atoms with van der Waals surface area (Å²) in [4.78, 5) is 64.2. The number of aromatic amines is 1. The van der Waals surface area contributed by atoms with Gasteiger partial charge in [-0.3, -0.25) is 14.5 Å². The highest BCUT2D eigenvalue weighted by molar-refractivity contribution is 5.91. The molecule has 0 aliphatic carbocycles. The number of H-pyrrole nitrogens is 1. The van der Waals surface area contributed by atoms with Gasteiger partial charge in [-0.15, -0.1) is 0 Å². The minimum absolute atomic E-state index is 0.00738. The van der Waals surface area contributed by atoms with Crippen molar-refractivity contribution < 1.29 is 19.1 Å². The van der Waals surface area contributed by atoms with Crippen molar-refractivity contribution in [1.82, 2.24) is 29.9 Å². The molecule has 0 radical (unpaired) electrons. The molecule has 7 rings (SSSR count). The first kappa shape index (κ1) is 34.0. The third-order valence-electron chi connectivity index (χ3n) is 11.3. The average molecular weight is 684 g/mol. The Morgan fingerprint density at radius 2 is 1.58 bits per heavy atom. The lowest BCUT2D eigenvalue weighted by Gasteiger charge is -2.42. The number of urea groups is 1. The van der Waals surface area contributed by atoms with E-state index in [4.69, 9.17) is 4.74 Å². The third-order valence-corrected chi connectivity index (χ3v) is 11.3. The number of fused-ring (bicyclic) bond motifs is 2. The van der Waals surface area contributed by atoms with Crippen LogP contribution in [0.2, 0.25) is 0 Å². The molecule has 12 nitrogen and oxygen atoms in total. The number of benzene rings is 2. The second kappa shape index (κ2) is 14.8. The predicted octanol–water partition coefficient (Wildman–Crippen LogP) is 3.90. The maximum absolute atomic E-state index is 14.3. The number of pyridine rings is 1. The molecule has 3 saturated heterocycles. The molecule has 3 aromatic rings. The van der Waals surface area contributed by atoms with Crippen molar-refractivity contribution in [1.29, 1.82) is 0 Å². The van der Waals surface area contributed by atoms with Crippen LogP contribution in [0, 0.1) is 6.92 Å². The molecule has 12 heteroatoms. The third kappa shape index (κ3) is 7.22. The molecule has 4 aliphatic rings. The van der Waals surface area contributed by atoms with Crippen molar-refractivity contribution in [2.24, 2.45) is 0 Å². The van der Waals surface area contributed by atoms with Crippen molar-refractivity contribution in [3.8, 4) is 0 Å². The van der Waals surface area contributed by atoms with Gasteiger partial charge in [-0.2, -0.15) is 0 Å². The Bertz CT molecular complexity index is 1770. The fourth-order valence-electron chi connectivity index (χ4n) is 8.22. The lowest BCUT2D eigenvalue weighted by molar-refractivity contribution is -0.144. The van der Waals surface area contributed by atoms with E-state index in [2.05, 4.69) is 20.5 Å². The molecule has 0 spiro atoms. The van der Waals surface area contributed by atoms with E-state index in [0.29, 0.717) is 51.6 Å². The molecule has 266 valence electrons. The standard InChI is InChI=1S/C38H49N7O5/c1-25-23-29(24-28-7-8-33(46)41-34(25)28)26(2)35(36(47)43-21-19-42(20-22-43)30-9-14-39-15-10-30)50-38(49)44-16-12-31(13-17-44)45-18-11-27-5-3-4-6-32(27)40-37(45)48/h3-8,23-24,26,30-31,35,39H,9-22H2,1-2H3,(H,40,48)(H,41,46)/t26-,35?/m1/s1. The molecule has 5 heterocycles. The molecule has 0 saturated carbocycles. The van der Waals surface area contributed by atoms with Gasteiger partial charge in [0.05, 0.1) is 5.52 Å². The van der Waals surface area contributed by atoms with Crippen LogP contribution in [0.25, 0.3) is 10.9 Å². The number of hydrogen-bond acceptors (Lipinski definition) is 7. The average Bonchev–Trinajstić information content (AvgIpc) is 3.32. The smallest absolute Gasteiger partial charge is 0.410 e. The number of carbonyl (C=O) groups is 3. The minimum atomic E-state index is -1.01. The number of piperazine rings is 1. The molecular formula is C38H49N7O5. The Morgan fingerprint density at radius 1 is 0.840 bits per heavy atom. The highest BCUT2D eigenvalue weighted by Gasteiger charge is 2.39. The molecule has 0 bridgehead atoms. The summed E-state index contributed by atoms with van der Waals surface area (Å²) >= 11 is 0. The normalized spacial score (nSPS) is 20.9. The monoisotopic (exact) mass is 683 g/mol. The molecule has 2 atom stereocenters. The largest absolute Gasteiger partial charge is 0.435 e. The van der Waals surface area contributed by atoms with Crippen LogP contribution < -0.4 is 16.2 Å². The fraction of sp³-hybridized carbons (Fsp3) is 0.526. The van der Waals surface area contributed by atoms with Crippen molar-refractivity contribution >= 4 is 34.6 Å². The van der Waals surface area contributed by atoms with E-state index in [1.807, 2.05) is 60.0 Å². The summed E-state index contributed by atoms with van der Waals surface area (Å²) < 4.78 is 6.22. The van der Waals surface area contributed by atoms with Crippen molar-refractivity contribution in [3.05, 3.63) is 75.6 Å². The number of hydrogen-bond donors (Lipinski definition) is 3. The van der Waals surface area contributed by atoms with Crippen LogP contribution in [0.1, 0.15) is 55.2 Å². The van der Waals surface area contributed by atoms with Gasteiger partial charge in [0.1, 0.15) is 0 Å². The van der Waals surface area contributed by atoms with Gasteiger partial charge < -0.3 is 35.1 Å². The first-order valence-corrected chi connectivity index (χ1v) is 18.2. The molecular weight excluding hydrogens is 634 g/mol. The van der Waals surface area contributed by atoms with Gasteiger partial charge in [0.15, 0.2) is 6.10 Å². The van der Waals surface area contributed by atoms with Gasteiger partial charge in [0.25, 0.3) is 5.91 Å². The highest BCUT2D eigenvalue weighted by atomic mass is 16.6. The number of likely N-dealkylation sites (tertiary alicyclic amines) is 1. The maximum Gasteiger partial charge on any atom is 0.410 e. The number of nitrogens with zero attached hydrogens (tertiary/aromatic N) is 4. The van der Waals surface area contributed by atoms with Crippen LogP contribution in [0.4, 0.5) is 15.3 Å². The molecule has 50 heavy (non-hydrogen) atoms. The SMILES string of the molecule is Cc1cc([C@@H](C)C(OC(=O)N2CCC(N3CCc4ccccc4NC3=O)CC2)C(=O)N2CCN(C3CCNCC3)CC2)cc2ccc(=O)[nH]c12. The number of para-hydroxylation sites is 1. The quantitative estimate of drug-likeness (QED) is 0.360. The zero-order chi connectivity index (χ0) is 34.8. The number of aryl methyl sites for hydroxylation is 1. The number of aromatic nitrogens is 1. The van der Waals surface area contributed by atoms with Gasteiger partial charge in [0.2, 0.25) is 5.56 Å². The van der Waals surface area contributed by atoms with E-state index in [1.165, 1.54) is 6.07 Å². The van der Waals surface area contributed by atoms with Gasteiger partial charge in [-0.1, -0.05) is 31.2 Å². The second-order valence-electron chi connectivity index (χ2n) is 14.3. The van der Waals surface area contributed by atoms with E-state index in [0.717, 1.165) is 78.7 Å². The number of anilines is 1. The van der Waals surface area contributed by atoms with E-state index in [-0.39, 0.29) is 23.5 Å². The Labute approximate surface area is 293 Å². The van der Waals surface area contributed by atoms with Crippen molar-refractivity contribution in [2.75, 3.05) is 64.2 Å². The van der Waals surface area contributed by atoms with Crippen molar-refractivity contribution in [3.63, 3.8) is 0 Å². The van der Waals surface area contributed by atoms with Crippen LogP contribution in [0.5, 0.6) is 0 Å². The molecule has 2 aromatic carbocycles. The summed E-state index contributed by atoms with van der Waals surface area (Å²) in [5, 5.41) is 7.35. The van der Waals surface area contributed by atoms with E-state index < -0.39 is 18.1 Å². The summed E-state index contributed by atoms with van der Waals surface area (Å²) in [6.07, 6.45) is 2.75. The highest BCUT2D eigenvalue weighted by Crippen LogP contribution is 2.30. The Balaban J connectivity index is 1.05. The first-order valence-electron chi connectivity index (χ1n) is 18.2. The number of rotatable bonds is 6. The Morgan fingerprint density at radius 3 is 2.34 bits per heavy atom. The maximum atomic E-state index is 14.3. The van der Waals surface area contributed by atoms with E-state index >= 15 is 0 Å². The van der Waals surface area contributed by atoms with Crippen LogP contribution in [-0.2, 0) is 16.0 Å². The molecule has 1 aromatic heterocycles. The number of amides is 4. The van der Waals surface area contributed by atoms with Gasteiger partial charge in [-0.25, -0.2) is 9.59 Å². The summed E-state index contributed by atoms with van der Waals surface area (Å²) in [6, 6.07) is 15.6. The van der Waals surface area contributed by atoms with Crippen molar-refractivity contribution in [2.45, 2.75) is 70.1 Å². The lowest BCUT2D eigenvalue weighted by Crippen LogP contribution is -2.56. The number of nitrogens with one attached hydrogen (secondary N) is 3. The zero-order valence-electron chi connectivity index (χ0n) is 29.2. The van der Waals surface area contributed by atoms with Gasteiger partial charge in [-0.05, 0) is 92.4 Å². The summed E-state index contributed by atoms with van der Waals surface area (Å²) in [5.41, 5.74) is 4.32. The van der Waals surface area contributed by atoms with Crippen LogP contribution in [0.3, 0.4) is 0 Å². The predicted molar refractivity (Wildman–Crippen MR) is 193 cm³/mol. The van der Waals surface area contributed by atoms with Gasteiger partial charge in [0, 0.05) is 75.6 Å². The van der Waals surface area contributed by atoms with Crippen LogP contribution >= 0.6 is 0 Å². The topological polar surface area (TPSA) is 130 Å². The minimum Gasteiger partial charge on any atom is -0.435 e. The fourth-order valence-corrected chi connectivity index (χ4v) is 8.22. The zero-order valence-corrected chi connectivity index (χ0v) is 29.2. The molecule has 4 amide bonds. The molecule has 3 N–H and O–H groups in total. The molecule has 4 aliphatic heterocycles. The van der Waals surface area contributed by atoms with Gasteiger partial charge >= 0.3 is 12.1 Å². The van der Waals surface area contributed by atoms with Crippen LogP contribution in [-0.4, -0.2) is 120 Å². The second-order valence-corrected chi connectivity index (χ2v) is 14.3. The molecule has 1 unspecified atom stereocenters.